The Labute approximate surface area is 182 Å². The van der Waals surface area contributed by atoms with Gasteiger partial charge in [0.15, 0.2) is 17.5 Å². The number of rotatable bonds is 11. The molecule has 160 valence electrons. The third-order valence-electron chi connectivity index (χ3n) is 3.98. The Bertz CT molecular complexity index is 588. The summed E-state index contributed by atoms with van der Waals surface area (Å²) in [6.07, 6.45) is 1.91. The highest BCUT2D eigenvalue weighted by atomic mass is 127. The maximum atomic E-state index is 13.5. The first-order valence-corrected chi connectivity index (χ1v) is 9.44. The molecular formula is C19H30F2IN3O3. The van der Waals surface area contributed by atoms with Crippen LogP contribution in [0.3, 0.4) is 0 Å². The lowest BCUT2D eigenvalue weighted by Gasteiger charge is -2.12. The molecule has 0 amide bonds. The number of nitrogens with one attached hydrogen (secondary N) is 2. The van der Waals surface area contributed by atoms with Crippen LogP contribution >= 0.6 is 24.0 Å². The van der Waals surface area contributed by atoms with Gasteiger partial charge in [-0.3, -0.25) is 4.99 Å². The normalized spacial score (nSPS) is 16.5. The van der Waals surface area contributed by atoms with Gasteiger partial charge in [0.1, 0.15) is 12.4 Å². The van der Waals surface area contributed by atoms with Gasteiger partial charge in [0.25, 0.3) is 0 Å². The zero-order chi connectivity index (χ0) is 19.3. The Morgan fingerprint density at radius 1 is 1.29 bits per heavy atom. The lowest BCUT2D eigenvalue weighted by molar-refractivity contribution is 0.0893. The Morgan fingerprint density at radius 2 is 2.14 bits per heavy atom. The second-order valence-corrected chi connectivity index (χ2v) is 6.27. The minimum atomic E-state index is -0.709. The van der Waals surface area contributed by atoms with Crippen LogP contribution < -0.4 is 15.4 Å². The maximum absolute atomic E-state index is 13.5. The van der Waals surface area contributed by atoms with Crippen molar-refractivity contribution in [2.24, 2.45) is 10.9 Å². The molecule has 28 heavy (non-hydrogen) atoms. The van der Waals surface area contributed by atoms with Crippen LogP contribution in [-0.2, 0) is 9.47 Å². The number of nitrogens with zero attached hydrogens (tertiary/aromatic N) is 1. The van der Waals surface area contributed by atoms with E-state index in [-0.39, 0.29) is 36.3 Å². The van der Waals surface area contributed by atoms with Crippen molar-refractivity contribution < 1.29 is 23.0 Å². The van der Waals surface area contributed by atoms with Gasteiger partial charge in [0.2, 0.25) is 0 Å². The maximum Gasteiger partial charge on any atom is 0.191 e. The highest BCUT2D eigenvalue weighted by molar-refractivity contribution is 14.0. The van der Waals surface area contributed by atoms with Crippen LogP contribution in [0.25, 0.3) is 0 Å². The van der Waals surface area contributed by atoms with Crippen molar-refractivity contribution in [3.05, 3.63) is 29.8 Å². The summed E-state index contributed by atoms with van der Waals surface area (Å²) in [4.78, 5) is 4.47. The quantitative estimate of drug-likeness (QED) is 0.206. The summed E-state index contributed by atoms with van der Waals surface area (Å²) in [5.41, 5.74) is 0. The van der Waals surface area contributed by atoms with E-state index in [4.69, 9.17) is 14.2 Å². The molecule has 1 aromatic carbocycles. The Kier molecular flexibility index (Phi) is 13.1. The molecule has 2 N–H and O–H groups in total. The van der Waals surface area contributed by atoms with Gasteiger partial charge in [-0.15, -0.1) is 24.0 Å². The molecule has 1 saturated heterocycles. The van der Waals surface area contributed by atoms with E-state index in [0.717, 1.165) is 45.3 Å². The molecule has 1 aromatic rings. The molecule has 9 heteroatoms. The van der Waals surface area contributed by atoms with Crippen molar-refractivity contribution in [2.75, 3.05) is 52.7 Å². The largest absolute Gasteiger partial charge is 0.489 e. The van der Waals surface area contributed by atoms with Crippen LogP contribution in [-0.4, -0.2) is 58.6 Å². The van der Waals surface area contributed by atoms with Gasteiger partial charge in [-0.1, -0.05) is 0 Å². The zero-order valence-corrected chi connectivity index (χ0v) is 18.5. The summed E-state index contributed by atoms with van der Waals surface area (Å²) in [7, 11) is 0. The average Bonchev–Trinajstić information content (AvgIpc) is 3.16. The molecule has 1 aliphatic rings. The lowest BCUT2D eigenvalue weighted by atomic mass is 10.1. The van der Waals surface area contributed by atoms with Gasteiger partial charge < -0.3 is 24.8 Å². The van der Waals surface area contributed by atoms with Crippen molar-refractivity contribution in [1.29, 1.82) is 0 Å². The highest BCUT2D eigenvalue weighted by Gasteiger charge is 2.15. The molecule has 1 heterocycles. The van der Waals surface area contributed by atoms with Gasteiger partial charge in [-0.2, -0.15) is 0 Å². The predicted octanol–water partition coefficient (Wildman–Crippen LogP) is 2.96. The van der Waals surface area contributed by atoms with Crippen LogP contribution in [0, 0.1) is 17.6 Å². The second kappa shape index (κ2) is 14.7. The van der Waals surface area contributed by atoms with Crippen LogP contribution in [0.5, 0.6) is 5.75 Å². The molecule has 1 fully saturated rings. The molecule has 0 radical (unpaired) electrons. The fourth-order valence-electron chi connectivity index (χ4n) is 2.59. The van der Waals surface area contributed by atoms with Crippen LogP contribution in [0.2, 0.25) is 0 Å². The summed E-state index contributed by atoms with van der Waals surface area (Å²) in [5.74, 6) is -0.104. The van der Waals surface area contributed by atoms with Gasteiger partial charge in [0.05, 0.1) is 19.8 Å². The van der Waals surface area contributed by atoms with Gasteiger partial charge in [-0.25, -0.2) is 8.78 Å². The monoisotopic (exact) mass is 513 g/mol. The van der Waals surface area contributed by atoms with E-state index in [1.54, 1.807) is 0 Å². The van der Waals surface area contributed by atoms with Gasteiger partial charge in [-0.05, 0) is 31.9 Å². The Balaban J connectivity index is 0.00000392. The first-order chi connectivity index (χ1) is 13.2. The van der Waals surface area contributed by atoms with Crippen molar-refractivity contribution in [3.8, 4) is 5.75 Å². The number of hydrogen-bond donors (Lipinski definition) is 2. The summed E-state index contributed by atoms with van der Waals surface area (Å²) in [6, 6.07) is 3.25. The first kappa shape index (κ1) is 24.8. The third kappa shape index (κ3) is 9.83. The molecule has 1 unspecified atom stereocenters. The third-order valence-corrected chi connectivity index (χ3v) is 3.98. The molecule has 0 spiro atoms. The molecular weight excluding hydrogens is 483 g/mol. The molecule has 1 atom stereocenters. The summed E-state index contributed by atoms with van der Waals surface area (Å²) >= 11 is 0. The zero-order valence-electron chi connectivity index (χ0n) is 16.2. The number of aliphatic imine (C=N–C) groups is 1. The fraction of sp³-hybridized carbons (Fsp3) is 0.632. The summed E-state index contributed by atoms with van der Waals surface area (Å²) < 4.78 is 42.6. The molecule has 6 nitrogen and oxygen atoms in total. The number of ether oxygens (including phenoxy) is 3. The van der Waals surface area contributed by atoms with E-state index < -0.39 is 11.6 Å². The van der Waals surface area contributed by atoms with E-state index in [1.807, 2.05) is 6.92 Å². The van der Waals surface area contributed by atoms with E-state index in [9.17, 15) is 8.78 Å². The van der Waals surface area contributed by atoms with E-state index >= 15 is 0 Å². The van der Waals surface area contributed by atoms with Crippen LogP contribution in [0.4, 0.5) is 8.78 Å². The minimum absolute atomic E-state index is 0. The fourth-order valence-corrected chi connectivity index (χ4v) is 2.59. The van der Waals surface area contributed by atoms with E-state index in [2.05, 4.69) is 15.6 Å². The van der Waals surface area contributed by atoms with Gasteiger partial charge in [0, 0.05) is 38.3 Å². The lowest BCUT2D eigenvalue weighted by Crippen LogP contribution is -2.39. The smallest absolute Gasteiger partial charge is 0.191 e. The number of guanidine groups is 1. The first-order valence-electron chi connectivity index (χ1n) is 9.44. The predicted molar refractivity (Wildman–Crippen MR) is 116 cm³/mol. The molecule has 1 aliphatic heterocycles. The second-order valence-electron chi connectivity index (χ2n) is 6.27. The Morgan fingerprint density at radius 3 is 2.86 bits per heavy atom. The Hall–Kier alpha value is -1.20. The van der Waals surface area contributed by atoms with Crippen molar-refractivity contribution in [1.82, 2.24) is 10.6 Å². The minimum Gasteiger partial charge on any atom is -0.489 e. The topological polar surface area (TPSA) is 64.1 Å². The molecule has 0 aromatic heterocycles. The number of hydrogen-bond acceptors (Lipinski definition) is 4. The van der Waals surface area contributed by atoms with Gasteiger partial charge >= 0.3 is 0 Å². The molecule has 0 saturated carbocycles. The SMILES string of the molecule is CCNC(=NCCCOCC1CCOC1)NCCOc1ccc(F)cc1F.I. The van der Waals surface area contributed by atoms with Crippen LogP contribution in [0.1, 0.15) is 19.8 Å². The standard InChI is InChI=1S/C19H29F2N3O3.HI/c1-2-22-19(23-7-3-9-25-13-15-6-10-26-14-15)24-8-11-27-18-5-4-16(20)12-17(18)21;/h4-5,12,15H,2-3,6-11,13-14H2,1H3,(H2,22,23,24);1H. The molecule has 2 rings (SSSR count). The van der Waals surface area contributed by atoms with E-state index in [0.29, 0.717) is 31.6 Å². The molecule has 0 bridgehead atoms. The summed E-state index contributed by atoms with van der Waals surface area (Å²) in [6.45, 7) is 7.10. The molecule has 0 aliphatic carbocycles. The highest BCUT2D eigenvalue weighted by Crippen LogP contribution is 2.17. The average molecular weight is 513 g/mol. The number of benzene rings is 1. The number of halogens is 3. The van der Waals surface area contributed by atoms with Crippen molar-refractivity contribution in [2.45, 2.75) is 19.8 Å². The van der Waals surface area contributed by atoms with Crippen LogP contribution in [0.15, 0.2) is 23.2 Å². The van der Waals surface area contributed by atoms with Crippen molar-refractivity contribution in [3.63, 3.8) is 0 Å². The summed E-state index contributed by atoms with van der Waals surface area (Å²) in [5, 5.41) is 6.26. The van der Waals surface area contributed by atoms with Crippen molar-refractivity contribution >= 4 is 29.9 Å². The van der Waals surface area contributed by atoms with E-state index in [1.165, 1.54) is 12.1 Å².